The highest BCUT2D eigenvalue weighted by molar-refractivity contribution is 7.84. The third-order valence-electron chi connectivity index (χ3n) is 7.81. The summed E-state index contributed by atoms with van der Waals surface area (Å²) in [6.45, 7) is 7.77. The standard InChI is InChI=1S/C29H30Cl2N4O2S/c1-28(2,3)38(36)34-25-19-8-5-4-7-18(19)17-29(25)13-15-35(16-14-29)23-12-11-22-26(32-23)33-27(37-22)20-9-6-10-21(30)24(20)31/h4-12,25,34H,13-17H2,1-3H3/t25-,38?/m1/s1. The van der Waals surface area contributed by atoms with Gasteiger partial charge in [-0.25, -0.2) is 13.9 Å². The minimum atomic E-state index is -1.15. The number of halogens is 2. The number of hydrogen-bond acceptors (Lipinski definition) is 5. The Balaban J connectivity index is 1.24. The molecule has 0 amide bonds. The molecule has 4 aromatic rings. The molecule has 1 N–H and O–H groups in total. The van der Waals surface area contributed by atoms with Crippen molar-refractivity contribution in [1.29, 1.82) is 0 Å². The van der Waals surface area contributed by atoms with Crippen molar-refractivity contribution in [2.75, 3.05) is 18.0 Å². The van der Waals surface area contributed by atoms with E-state index in [0.717, 1.165) is 38.2 Å². The molecule has 2 aromatic heterocycles. The lowest BCUT2D eigenvalue weighted by molar-refractivity contribution is 0.177. The van der Waals surface area contributed by atoms with Crippen molar-refractivity contribution in [2.45, 2.75) is 50.8 Å². The van der Waals surface area contributed by atoms with E-state index in [2.05, 4.69) is 38.9 Å². The first-order valence-electron chi connectivity index (χ1n) is 12.9. The Hall–Kier alpha value is -2.45. The molecule has 9 heteroatoms. The minimum absolute atomic E-state index is 0.0234. The molecule has 0 radical (unpaired) electrons. The van der Waals surface area contributed by atoms with Gasteiger partial charge in [-0.2, -0.15) is 4.98 Å². The lowest BCUT2D eigenvalue weighted by Gasteiger charge is -2.44. The van der Waals surface area contributed by atoms with Crippen molar-refractivity contribution in [3.8, 4) is 11.5 Å². The Morgan fingerprint density at radius 3 is 2.55 bits per heavy atom. The van der Waals surface area contributed by atoms with Crippen LogP contribution in [-0.2, 0) is 17.4 Å². The van der Waals surface area contributed by atoms with E-state index < -0.39 is 11.0 Å². The molecular formula is C29H30Cl2N4O2S. The molecule has 0 saturated carbocycles. The van der Waals surface area contributed by atoms with Gasteiger partial charge in [-0.1, -0.05) is 53.5 Å². The Morgan fingerprint density at radius 1 is 1.03 bits per heavy atom. The van der Waals surface area contributed by atoms with Crippen LogP contribution in [0.1, 0.15) is 50.8 Å². The van der Waals surface area contributed by atoms with E-state index in [9.17, 15) is 4.21 Å². The van der Waals surface area contributed by atoms with Gasteiger partial charge < -0.3 is 9.32 Å². The lowest BCUT2D eigenvalue weighted by Crippen LogP contribution is -2.48. The van der Waals surface area contributed by atoms with Crippen LogP contribution in [-0.4, -0.2) is 32.0 Å². The first-order chi connectivity index (χ1) is 18.1. The zero-order chi connectivity index (χ0) is 26.7. The average Bonchev–Trinajstić information content (AvgIpc) is 3.44. The molecule has 6 nitrogen and oxygen atoms in total. The molecule has 38 heavy (non-hydrogen) atoms. The maximum absolute atomic E-state index is 13.2. The molecule has 6 rings (SSSR count). The van der Waals surface area contributed by atoms with Gasteiger partial charge >= 0.3 is 0 Å². The van der Waals surface area contributed by atoms with E-state index in [0.29, 0.717) is 32.7 Å². The zero-order valence-corrected chi connectivity index (χ0v) is 24.0. The molecule has 2 aromatic carbocycles. The van der Waals surface area contributed by atoms with Crippen molar-refractivity contribution in [3.63, 3.8) is 0 Å². The normalized spacial score (nSPS) is 19.7. The number of anilines is 1. The van der Waals surface area contributed by atoms with Crippen LogP contribution in [0.25, 0.3) is 22.7 Å². The number of nitrogens with zero attached hydrogens (tertiary/aromatic N) is 3. The third kappa shape index (κ3) is 4.53. The van der Waals surface area contributed by atoms with Crippen LogP contribution in [0.15, 0.2) is 59.0 Å². The molecule has 1 fully saturated rings. The number of pyridine rings is 1. The third-order valence-corrected chi connectivity index (χ3v) is 10.2. The van der Waals surface area contributed by atoms with E-state index in [-0.39, 0.29) is 16.2 Å². The van der Waals surface area contributed by atoms with Crippen LogP contribution in [0, 0.1) is 5.41 Å². The Kier molecular flexibility index (Phi) is 6.54. The summed E-state index contributed by atoms with van der Waals surface area (Å²) in [6, 6.07) is 18.0. The summed E-state index contributed by atoms with van der Waals surface area (Å²) in [6.07, 6.45) is 2.95. The van der Waals surface area contributed by atoms with Crippen LogP contribution in [0.3, 0.4) is 0 Å². The molecule has 2 aliphatic rings. The van der Waals surface area contributed by atoms with Gasteiger partial charge in [-0.3, -0.25) is 0 Å². The highest BCUT2D eigenvalue weighted by Crippen LogP contribution is 2.52. The summed E-state index contributed by atoms with van der Waals surface area (Å²) in [7, 11) is -1.15. The second-order valence-electron chi connectivity index (χ2n) is 11.3. The van der Waals surface area contributed by atoms with Gasteiger partial charge in [0.05, 0.1) is 37.4 Å². The fourth-order valence-corrected chi connectivity index (χ4v) is 7.00. The molecule has 1 aliphatic heterocycles. The van der Waals surface area contributed by atoms with Gasteiger partial charge in [0, 0.05) is 13.1 Å². The zero-order valence-electron chi connectivity index (χ0n) is 21.6. The fraction of sp³-hybridized carbons (Fsp3) is 0.379. The molecule has 1 saturated heterocycles. The van der Waals surface area contributed by atoms with Gasteiger partial charge in [0.25, 0.3) is 0 Å². The van der Waals surface area contributed by atoms with Crippen molar-refractivity contribution in [1.82, 2.24) is 14.7 Å². The Labute approximate surface area is 235 Å². The number of rotatable bonds is 4. The van der Waals surface area contributed by atoms with E-state index in [1.165, 1.54) is 11.1 Å². The number of fused-ring (bicyclic) bond motifs is 2. The fourth-order valence-electron chi connectivity index (χ4n) is 5.68. The molecule has 3 heterocycles. The van der Waals surface area contributed by atoms with E-state index in [1.807, 2.05) is 45.0 Å². The van der Waals surface area contributed by atoms with Crippen molar-refractivity contribution >= 4 is 51.2 Å². The summed E-state index contributed by atoms with van der Waals surface area (Å²) >= 11 is 12.6. The monoisotopic (exact) mass is 568 g/mol. The van der Waals surface area contributed by atoms with Crippen molar-refractivity contribution < 1.29 is 8.63 Å². The van der Waals surface area contributed by atoms with Crippen LogP contribution in [0.4, 0.5) is 5.82 Å². The molecule has 1 aliphatic carbocycles. The molecule has 1 spiro atoms. The topological polar surface area (TPSA) is 71.3 Å². The summed E-state index contributed by atoms with van der Waals surface area (Å²) in [5.41, 5.74) is 4.46. The second kappa shape index (κ2) is 9.63. The maximum atomic E-state index is 13.2. The summed E-state index contributed by atoms with van der Waals surface area (Å²) in [4.78, 5) is 11.8. The molecule has 1 unspecified atom stereocenters. The minimum Gasteiger partial charge on any atom is -0.434 e. The summed E-state index contributed by atoms with van der Waals surface area (Å²) in [5.74, 6) is 1.28. The first kappa shape index (κ1) is 25.8. The highest BCUT2D eigenvalue weighted by Gasteiger charge is 2.48. The number of hydrogen-bond donors (Lipinski definition) is 1. The predicted octanol–water partition coefficient (Wildman–Crippen LogP) is 7.13. The number of aromatic nitrogens is 2. The second-order valence-corrected chi connectivity index (χ2v) is 14.1. The van der Waals surface area contributed by atoms with E-state index in [1.54, 1.807) is 6.07 Å². The molecule has 198 valence electrons. The molecule has 0 bridgehead atoms. The predicted molar refractivity (Wildman–Crippen MR) is 155 cm³/mol. The SMILES string of the molecule is CC(C)(C)S(=O)N[C@@H]1c2ccccc2CC12CCN(c1ccc3oc(-c4cccc(Cl)c4Cl)nc3n1)CC2. The van der Waals surface area contributed by atoms with E-state index in [4.69, 9.17) is 32.6 Å². The van der Waals surface area contributed by atoms with Crippen LogP contribution in [0.2, 0.25) is 10.0 Å². The summed E-state index contributed by atoms with van der Waals surface area (Å²) in [5, 5.41) is 0.867. The number of oxazole rings is 1. The molecular weight excluding hydrogens is 539 g/mol. The van der Waals surface area contributed by atoms with Crippen molar-refractivity contribution in [2.24, 2.45) is 5.41 Å². The van der Waals surface area contributed by atoms with Crippen molar-refractivity contribution in [3.05, 3.63) is 75.8 Å². The van der Waals surface area contributed by atoms with Gasteiger partial charge in [-0.05, 0) is 80.8 Å². The number of piperidine rings is 1. The van der Waals surface area contributed by atoms with Gasteiger partial charge in [0.2, 0.25) is 11.5 Å². The average molecular weight is 570 g/mol. The van der Waals surface area contributed by atoms with Gasteiger partial charge in [0.1, 0.15) is 5.82 Å². The van der Waals surface area contributed by atoms with Crippen LogP contribution in [0.5, 0.6) is 0 Å². The lowest BCUT2D eigenvalue weighted by atomic mass is 9.73. The highest BCUT2D eigenvalue weighted by atomic mass is 35.5. The molecule has 2 atom stereocenters. The van der Waals surface area contributed by atoms with E-state index >= 15 is 0 Å². The van der Waals surface area contributed by atoms with Crippen LogP contribution < -0.4 is 9.62 Å². The number of nitrogens with one attached hydrogen (secondary N) is 1. The maximum Gasteiger partial charge on any atom is 0.230 e. The largest absolute Gasteiger partial charge is 0.434 e. The summed E-state index contributed by atoms with van der Waals surface area (Å²) < 4.78 is 22.3. The van der Waals surface area contributed by atoms with Gasteiger partial charge in [-0.15, -0.1) is 0 Å². The Bertz CT molecular complexity index is 1540. The Morgan fingerprint density at radius 2 is 1.79 bits per heavy atom. The smallest absolute Gasteiger partial charge is 0.230 e. The first-order valence-corrected chi connectivity index (χ1v) is 14.8. The van der Waals surface area contributed by atoms with Crippen LogP contribution >= 0.6 is 23.2 Å². The number of benzene rings is 2. The quantitative estimate of drug-likeness (QED) is 0.283. The van der Waals surface area contributed by atoms with Gasteiger partial charge in [0.15, 0.2) is 5.58 Å².